The molecule has 0 aliphatic carbocycles. The molecule has 0 bridgehead atoms. The fourth-order valence-corrected chi connectivity index (χ4v) is 2.72. The van der Waals surface area contributed by atoms with Gasteiger partial charge in [-0.3, -0.25) is 4.79 Å². The van der Waals surface area contributed by atoms with E-state index in [0.29, 0.717) is 5.56 Å². The molecule has 0 aromatic carbocycles. The van der Waals surface area contributed by atoms with Crippen molar-refractivity contribution in [3.8, 4) is 0 Å². The maximum absolute atomic E-state index is 12.1. The number of carbonyl (C=O) groups excluding carboxylic acids is 1. The van der Waals surface area contributed by atoms with Gasteiger partial charge < -0.3 is 10.4 Å². The largest absolute Gasteiger partial charge is 0.477 e. The van der Waals surface area contributed by atoms with E-state index in [0.717, 1.165) is 11.3 Å². The molecule has 2 N–H and O–H groups in total. The third kappa shape index (κ3) is 2.92. The summed E-state index contributed by atoms with van der Waals surface area (Å²) in [6.07, 6.45) is 1.26. The van der Waals surface area contributed by atoms with Gasteiger partial charge in [-0.25, -0.2) is 9.78 Å². The maximum atomic E-state index is 12.1. The zero-order valence-corrected chi connectivity index (χ0v) is 12.4. The summed E-state index contributed by atoms with van der Waals surface area (Å²) in [7, 11) is 0. The topological polar surface area (TPSA) is 79.3 Å². The molecule has 0 aliphatic heterocycles. The number of anilines is 1. The van der Waals surface area contributed by atoms with Crippen LogP contribution in [0.1, 0.15) is 25.6 Å². The van der Waals surface area contributed by atoms with Gasteiger partial charge in [0.05, 0.1) is 16.3 Å². The number of amides is 1. The van der Waals surface area contributed by atoms with Gasteiger partial charge in [0.2, 0.25) is 0 Å². The molecular weight excluding hydrogens is 323 g/mol. The normalized spacial score (nSPS) is 10.3. The second-order valence-corrected chi connectivity index (χ2v) is 5.54. The molecule has 8 heteroatoms. The first-order chi connectivity index (χ1) is 9.40. The van der Waals surface area contributed by atoms with E-state index < -0.39 is 11.9 Å². The molecule has 2 aromatic rings. The molecule has 5 nitrogen and oxygen atoms in total. The highest BCUT2D eigenvalue weighted by atomic mass is 35.5. The Balaban J connectivity index is 2.35. The molecule has 0 unspecified atom stereocenters. The summed E-state index contributed by atoms with van der Waals surface area (Å²) in [6, 6.07) is 1.32. The van der Waals surface area contributed by atoms with Crippen LogP contribution in [0.4, 0.5) is 5.69 Å². The van der Waals surface area contributed by atoms with Crippen molar-refractivity contribution in [3.05, 3.63) is 43.8 Å². The Labute approximate surface area is 128 Å². The number of nitrogens with one attached hydrogen (secondary N) is 1. The Morgan fingerprint density at radius 2 is 2.10 bits per heavy atom. The van der Waals surface area contributed by atoms with Crippen LogP contribution in [0.2, 0.25) is 10.2 Å². The van der Waals surface area contributed by atoms with E-state index in [1.165, 1.54) is 12.3 Å². The summed E-state index contributed by atoms with van der Waals surface area (Å²) >= 11 is 12.6. The van der Waals surface area contributed by atoms with Crippen molar-refractivity contribution >= 4 is 52.1 Å². The SMILES string of the molecule is Cc1csc(C(=O)O)c1NC(=O)c1cc(Cl)ncc1Cl. The highest BCUT2D eigenvalue weighted by molar-refractivity contribution is 7.12. The number of aromatic carboxylic acids is 1. The predicted octanol–water partition coefficient (Wildman–Crippen LogP) is 3.71. The minimum atomic E-state index is -1.10. The highest BCUT2D eigenvalue weighted by Gasteiger charge is 2.19. The third-order valence-electron chi connectivity index (χ3n) is 2.47. The number of aromatic nitrogens is 1. The van der Waals surface area contributed by atoms with Crippen molar-refractivity contribution in [1.82, 2.24) is 4.98 Å². The summed E-state index contributed by atoms with van der Waals surface area (Å²) in [5, 5.41) is 13.5. The summed E-state index contributed by atoms with van der Waals surface area (Å²) in [5.41, 5.74) is 1.06. The highest BCUT2D eigenvalue weighted by Crippen LogP contribution is 2.29. The van der Waals surface area contributed by atoms with Crippen molar-refractivity contribution in [1.29, 1.82) is 0 Å². The van der Waals surface area contributed by atoms with E-state index in [1.807, 2.05) is 0 Å². The number of thiophene rings is 1. The molecule has 0 radical (unpaired) electrons. The molecule has 0 spiro atoms. The number of carboxylic acid groups (broad SMARTS) is 1. The number of hydrogen-bond acceptors (Lipinski definition) is 4. The summed E-state index contributed by atoms with van der Waals surface area (Å²) < 4.78 is 0. The molecule has 2 heterocycles. The van der Waals surface area contributed by atoms with Crippen LogP contribution in [0, 0.1) is 6.92 Å². The number of halogens is 2. The molecule has 1 amide bonds. The van der Waals surface area contributed by atoms with Gasteiger partial charge in [0.25, 0.3) is 5.91 Å². The van der Waals surface area contributed by atoms with Gasteiger partial charge >= 0.3 is 5.97 Å². The zero-order valence-electron chi connectivity index (χ0n) is 10.1. The van der Waals surface area contributed by atoms with Crippen LogP contribution in [0.15, 0.2) is 17.6 Å². The third-order valence-corrected chi connectivity index (χ3v) is 4.07. The number of pyridine rings is 1. The number of rotatable bonds is 3. The van der Waals surface area contributed by atoms with Crippen molar-refractivity contribution in [2.45, 2.75) is 6.92 Å². The van der Waals surface area contributed by atoms with Gasteiger partial charge in [-0.1, -0.05) is 23.2 Å². The van der Waals surface area contributed by atoms with E-state index in [-0.39, 0.29) is 26.3 Å². The molecular formula is C12H8Cl2N2O3S. The van der Waals surface area contributed by atoms with Gasteiger partial charge in [-0.2, -0.15) is 0 Å². The van der Waals surface area contributed by atoms with Crippen molar-refractivity contribution in [2.24, 2.45) is 0 Å². The molecule has 0 atom stereocenters. The summed E-state index contributed by atoms with van der Waals surface area (Å²) in [6.45, 7) is 1.71. The Kier molecular flexibility index (Phi) is 4.27. The number of carboxylic acids is 1. The van der Waals surface area contributed by atoms with Gasteiger partial charge in [-0.05, 0) is 23.9 Å². The maximum Gasteiger partial charge on any atom is 0.348 e. The van der Waals surface area contributed by atoms with Crippen molar-refractivity contribution < 1.29 is 14.7 Å². The van der Waals surface area contributed by atoms with Crippen LogP contribution in [0.5, 0.6) is 0 Å². The van der Waals surface area contributed by atoms with Crippen LogP contribution in [0.25, 0.3) is 0 Å². The lowest BCUT2D eigenvalue weighted by atomic mass is 10.2. The monoisotopic (exact) mass is 330 g/mol. The Morgan fingerprint density at radius 3 is 2.75 bits per heavy atom. The lowest BCUT2D eigenvalue weighted by Gasteiger charge is -2.07. The number of aryl methyl sites for hydroxylation is 1. The van der Waals surface area contributed by atoms with Crippen LogP contribution < -0.4 is 5.32 Å². The van der Waals surface area contributed by atoms with Crippen LogP contribution in [0.3, 0.4) is 0 Å². The fourth-order valence-electron chi connectivity index (χ4n) is 1.53. The lowest BCUT2D eigenvalue weighted by molar-refractivity contribution is 0.0703. The van der Waals surface area contributed by atoms with Gasteiger partial charge in [-0.15, -0.1) is 11.3 Å². The molecule has 0 saturated heterocycles. The van der Waals surface area contributed by atoms with E-state index in [4.69, 9.17) is 28.3 Å². The first-order valence-electron chi connectivity index (χ1n) is 5.34. The smallest absolute Gasteiger partial charge is 0.348 e. The minimum Gasteiger partial charge on any atom is -0.477 e. The first-order valence-corrected chi connectivity index (χ1v) is 6.97. The molecule has 2 aromatic heterocycles. The quantitative estimate of drug-likeness (QED) is 0.841. The van der Waals surface area contributed by atoms with Crippen LogP contribution in [-0.4, -0.2) is 22.0 Å². The molecule has 0 aliphatic rings. The van der Waals surface area contributed by atoms with Crippen molar-refractivity contribution in [3.63, 3.8) is 0 Å². The lowest BCUT2D eigenvalue weighted by Crippen LogP contribution is -2.15. The number of nitrogens with zero attached hydrogens (tertiary/aromatic N) is 1. The van der Waals surface area contributed by atoms with Crippen molar-refractivity contribution in [2.75, 3.05) is 5.32 Å². The molecule has 20 heavy (non-hydrogen) atoms. The average molecular weight is 331 g/mol. The predicted molar refractivity (Wildman–Crippen MR) is 78.2 cm³/mol. The Morgan fingerprint density at radius 1 is 1.40 bits per heavy atom. The summed E-state index contributed by atoms with van der Waals surface area (Å²) in [5.74, 6) is -1.64. The number of hydrogen-bond donors (Lipinski definition) is 2. The molecule has 104 valence electrons. The van der Waals surface area contributed by atoms with Crippen LogP contribution >= 0.6 is 34.5 Å². The fraction of sp³-hybridized carbons (Fsp3) is 0.0833. The Hall–Kier alpha value is -1.63. The van der Waals surface area contributed by atoms with Gasteiger partial charge in [0, 0.05) is 6.20 Å². The second-order valence-electron chi connectivity index (χ2n) is 3.87. The second kappa shape index (κ2) is 5.78. The first kappa shape index (κ1) is 14.8. The van der Waals surface area contributed by atoms with Gasteiger partial charge in [0.1, 0.15) is 10.0 Å². The standard InChI is InChI=1S/C12H8Cl2N2O3S/c1-5-4-20-10(12(18)19)9(5)16-11(17)6-2-8(14)15-3-7(6)13/h2-4H,1H3,(H,16,17)(H,18,19). The minimum absolute atomic E-state index is 0.0622. The van der Waals surface area contributed by atoms with Gasteiger partial charge in [0.15, 0.2) is 0 Å². The van der Waals surface area contributed by atoms with E-state index in [9.17, 15) is 9.59 Å². The zero-order chi connectivity index (χ0) is 14.9. The van der Waals surface area contributed by atoms with E-state index in [2.05, 4.69) is 10.3 Å². The number of carbonyl (C=O) groups is 2. The molecule has 2 rings (SSSR count). The molecule has 0 fully saturated rings. The average Bonchev–Trinajstić information content (AvgIpc) is 2.74. The molecule has 0 saturated carbocycles. The van der Waals surface area contributed by atoms with E-state index >= 15 is 0 Å². The summed E-state index contributed by atoms with van der Waals surface area (Å²) in [4.78, 5) is 27.0. The van der Waals surface area contributed by atoms with Crippen LogP contribution in [-0.2, 0) is 0 Å². The van der Waals surface area contributed by atoms with E-state index in [1.54, 1.807) is 12.3 Å². The Bertz CT molecular complexity index is 700.